The van der Waals surface area contributed by atoms with Gasteiger partial charge in [-0.2, -0.15) is 0 Å². The highest BCUT2D eigenvalue weighted by Gasteiger charge is 2.48. The number of amides is 1. The first-order valence-corrected chi connectivity index (χ1v) is 13.3. The van der Waals surface area contributed by atoms with Crippen LogP contribution in [0, 0.1) is 0 Å². The molecule has 1 saturated heterocycles. The minimum Gasteiger partial charge on any atom is -0.507 e. The third-order valence-electron chi connectivity index (χ3n) is 6.42. The van der Waals surface area contributed by atoms with Crippen LogP contribution in [0.2, 0.25) is 15.1 Å². The van der Waals surface area contributed by atoms with E-state index in [1.807, 2.05) is 6.92 Å². The molecule has 1 N–H and O–H groups in total. The number of fused-ring (bicyclic) bond motifs is 2. The van der Waals surface area contributed by atoms with Gasteiger partial charge >= 0.3 is 5.91 Å². The highest BCUT2D eigenvalue weighted by molar-refractivity contribution is 7.22. The molecule has 0 bridgehead atoms. The van der Waals surface area contributed by atoms with Crippen molar-refractivity contribution >= 4 is 78.9 Å². The van der Waals surface area contributed by atoms with E-state index in [2.05, 4.69) is 4.98 Å². The highest BCUT2D eigenvalue weighted by atomic mass is 35.5. The van der Waals surface area contributed by atoms with E-state index in [0.717, 1.165) is 16.0 Å². The quantitative estimate of drug-likeness (QED) is 0.160. The third kappa shape index (κ3) is 4.07. The maximum atomic E-state index is 13.5. The van der Waals surface area contributed by atoms with Crippen molar-refractivity contribution in [3.05, 3.63) is 91.9 Å². The number of thiazole rings is 1. The lowest BCUT2D eigenvalue weighted by Crippen LogP contribution is -2.29. The number of carbonyl (C=O) groups excluding carboxylic acids is 2. The zero-order valence-corrected chi connectivity index (χ0v) is 22.3. The summed E-state index contributed by atoms with van der Waals surface area (Å²) < 4.78 is 6.52. The molecule has 2 aliphatic heterocycles. The van der Waals surface area contributed by atoms with E-state index in [0.29, 0.717) is 38.2 Å². The number of ketones is 1. The van der Waals surface area contributed by atoms with Crippen molar-refractivity contribution in [3.8, 4) is 5.75 Å². The van der Waals surface area contributed by atoms with Gasteiger partial charge in [0.2, 0.25) is 0 Å². The summed E-state index contributed by atoms with van der Waals surface area (Å²) in [4.78, 5) is 32.8. The first kappa shape index (κ1) is 24.2. The second kappa shape index (κ2) is 9.03. The average molecular weight is 572 g/mol. The standard InChI is InChI=1S/C27H17Cl3N2O4S/c1-12-8-15-9-14(3-7-20(15)36-12)24(33)22-23(13-2-5-17(29)18(30)10-13)32(26(35)25(22)34)27-31-19-6-4-16(28)11-21(19)37-27/h2-7,9-12,23,33H,8H2,1H3. The molecule has 0 spiro atoms. The molecular formula is C27H17Cl3N2O4S. The molecule has 186 valence electrons. The summed E-state index contributed by atoms with van der Waals surface area (Å²) in [7, 11) is 0. The molecule has 3 aromatic carbocycles. The van der Waals surface area contributed by atoms with Gasteiger partial charge in [-0.1, -0.05) is 52.2 Å². The monoisotopic (exact) mass is 570 g/mol. The smallest absolute Gasteiger partial charge is 0.301 e. The summed E-state index contributed by atoms with van der Waals surface area (Å²) in [5, 5.41) is 12.9. The topological polar surface area (TPSA) is 79.7 Å². The number of aliphatic hydroxyl groups is 1. The molecule has 6 nitrogen and oxygen atoms in total. The lowest BCUT2D eigenvalue weighted by atomic mass is 9.94. The maximum Gasteiger partial charge on any atom is 0.301 e. The fourth-order valence-corrected chi connectivity index (χ4v) is 6.32. The Balaban J connectivity index is 1.55. The van der Waals surface area contributed by atoms with Crippen LogP contribution in [0.3, 0.4) is 0 Å². The van der Waals surface area contributed by atoms with Crippen molar-refractivity contribution < 1.29 is 19.4 Å². The summed E-state index contributed by atoms with van der Waals surface area (Å²) in [6, 6.07) is 14.3. The van der Waals surface area contributed by atoms with Gasteiger partial charge in [-0.3, -0.25) is 14.5 Å². The van der Waals surface area contributed by atoms with Crippen LogP contribution >= 0.6 is 46.1 Å². The van der Waals surface area contributed by atoms with E-state index in [1.165, 1.54) is 16.2 Å². The number of benzene rings is 3. The van der Waals surface area contributed by atoms with Crippen molar-refractivity contribution in [2.45, 2.75) is 25.5 Å². The van der Waals surface area contributed by atoms with E-state index >= 15 is 0 Å². The fourth-order valence-electron chi connectivity index (χ4n) is 4.74. The lowest BCUT2D eigenvalue weighted by Gasteiger charge is -2.23. The molecule has 2 unspecified atom stereocenters. The second-order valence-corrected chi connectivity index (χ2v) is 11.2. The van der Waals surface area contributed by atoms with Gasteiger partial charge in [0, 0.05) is 17.0 Å². The molecule has 10 heteroatoms. The minimum atomic E-state index is -0.978. The molecule has 4 aromatic rings. The molecule has 37 heavy (non-hydrogen) atoms. The Kier molecular flexibility index (Phi) is 5.92. The summed E-state index contributed by atoms with van der Waals surface area (Å²) >= 11 is 19.8. The van der Waals surface area contributed by atoms with Crippen molar-refractivity contribution in [3.63, 3.8) is 0 Å². The Morgan fingerprint density at radius 2 is 1.86 bits per heavy atom. The number of carbonyl (C=O) groups is 2. The second-order valence-electron chi connectivity index (χ2n) is 8.91. The van der Waals surface area contributed by atoms with Crippen LogP contribution < -0.4 is 9.64 Å². The van der Waals surface area contributed by atoms with E-state index in [9.17, 15) is 14.7 Å². The van der Waals surface area contributed by atoms with E-state index < -0.39 is 17.7 Å². The predicted molar refractivity (Wildman–Crippen MR) is 146 cm³/mol. The number of rotatable bonds is 3. The molecule has 0 radical (unpaired) electrons. The Morgan fingerprint density at radius 3 is 2.65 bits per heavy atom. The number of halogens is 3. The normalized spacial score (nSPS) is 20.5. The molecule has 6 rings (SSSR count). The Morgan fingerprint density at radius 1 is 1.05 bits per heavy atom. The minimum absolute atomic E-state index is 0.0155. The van der Waals surface area contributed by atoms with Crippen LogP contribution in [0.25, 0.3) is 16.0 Å². The first-order valence-electron chi connectivity index (χ1n) is 11.3. The fraction of sp³-hybridized carbons (Fsp3) is 0.148. The van der Waals surface area contributed by atoms with Crippen LogP contribution in [-0.2, 0) is 16.0 Å². The van der Waals surface area contributed by atoms with Gasteiger partial charge in [-0.05, 0) is 66.6 Å². The summed E-state index contributed by atoms with van der Waals surface area (Å²) in [5.41, 5.74) is 2.40. The van der Waals surface area contributed by atoms with Gasteiger partial charge in [0.15, 0.2) is 5.13 Å². The third-order valence-corrected chi connectivity index (χ3v) is 8.41. The van der Waals surface area contributed by atoms with Crippen LogP contribution in [-0.4, -0.2) is 27.9 Å². The van der Waals surface area contributed by atoms with Gasteiger partial charge in [0.05, 0.1) is 31.9 Å². The van der Waals surface area contributed by atoms with Crippen molar-refractivity contribution in [2.75, 3.05) is 4.90 Å². The number of hydrogen-bond acceptors (Lipinski definition) is 6. The molecule has 1 amide bonds. The van der Waals surface area contributed by atoms with Gasteiger partial charge in [-0.15, -0.1) is 0 Å². The van der Waals surface area contributed by atoms with Gasteiger partial charge in [-0.25, -0.2) is 4.98 Å². The molecule has 0 aliphatic carbocycles. The molecule has 2 aliphatic rings. The first-order chi connectivity index (χ1) is 17.7. The zero-order chi connectivity index (χ0) is 26.0. The van der Waals surface area contributed by atoms with Gasteiger partial charge in [0.25, 0.3) is 5.78 Å². The SMILES string of the molecule is CC1Cc2cc(C(O)=C3C(=O)C(=O)N(c4nc5ccc(Cl)cc5s4)C3c3ccc(Cl)c(Cl)c3)ccc2O1. The Hall–Kier alpha value is -3.10. The predicted octanol–water partition coefficient (Wildman–Crippen LogP) is 7.21. The molecule has 1 fully saturated rings. The van der Waals surface area contributed by atoms with Crippen molar-refractivity contribution in [2.24, 2.45) is 0 Å². The van der Waals surface area contributed by atoms with Crippen LogP contribution in [0.4, 0.5) is 5.13 Å². The summed E-state index contributed by atoms with van der Waals surface area (Å²) in [6.45, 7) is 1.96. The molecule has 1 aromatic heterocycles. The lowest BCUT2D eigenvalue weighted by molar-refractivity contribution is -0.132. The van der Waals surface area contributed by atoms with Crippen LogP contribution in [0.15, 0.2) is 60.2 Å². The maximum absolute atomic E-state index is 13.5. The number of aliphatic hydroxyl groups excluding tert-OH is 1. The summed E-state index contributed by atoms with van der Waals surface area (Å²) in [5.74, 6) is -1.18. The van der Waals surface area contributed by atoms with Gasteiger partial charge in [0.1, 0.15) is 17.6 Å². The number of anilines is 1. The van der Waals surface area contributed by atoms with Crippen LogP contribution in [0.5, 0.6) is 5.75 Å². The largest absolute Gasteiger partial charge is 0.507 e. The van der Waals surface area contributed by atoms with E-state index in [1.54, 1.807) is 54.6 Å². The highest BCUT2D eigenvalue weighted by Crippen LogP contribution is 2.46. The average Bonchev–Trinajstić information content (AvgIpc) is 3.52. The number of ether oxygens (including phenoxy) is 1. The van der Waals surface area contributed by atoms with Crippen molar-refractivity contribution in [1.82, 2.24) is 4.98 Å². The molecule has 2 atom stereocenters. The molecule has 0 saturated carbocycles. The van der Waals surface area contributed by atoms with E-state index in [-0.39, 0.29) is 22.5 Å². The van der Waals surface area contributed by atoms with Crippen molar-refractivity contribution in [1.29, 1.82) is 0 Å². The Bertz CT molecular complexity index is 1660. The van der Waals surface area contributed by atoms with E-state index in [4.69, 9.17) is 39.5 Å². The van der Waals surface area contributed by atoms with Crippen LogP contribution in [0.1, 0.15) is 29.7 Å². The zero-order valence-electron chi connectivity index (χ0n) is 19.2. The Labute approximate surface area is 230 Å². The molecular weight excluding hydrogens is 555 g/mol. The summed E-state index contributed by atoms with van der Waals surface area (Å²) in [6.07, 6.45) is 0.691. The number of aromatic nitrogens is 1. The molecule has 3 heterocycles. The number of Topliss-reactive ketones (excluding diaryl/α,β-unsaturated/α-hetero) is 1. The number of nitrogens with zero attached hydrogens (tertiary/aromatic N) is 2. The van der Waals surface area contributed by atoms with Gasteiger partial charge < -0.3 is 9.84 Å². The number of hydrogen-bond donors (Lipinski definition) is 1.